The highest BCUT2D eigenvalue weighted by Crippen LogP contribution is 2.31. The number of halogens is 2. The summed E-state index contributed by atoms with van der Waals surface area (Å²) in [6.45, 7) is 0.949. The minimum Gasteiger partial charge on any atom is -0.342 e. The lowest BCUT2D eigenvalue weighted by molar-refractivity contribution is 0.951. The fraction of sp³-hybridized carbons (Fsp3) is 0.300. The molecule has 0 aliphatic carbocycles. The molecule has 4 heteroatoms. The first-order valence-electron chi connectivity index (χ1n) is 4.52. The highest BCUT2D eigenvalue weighted by molar-refractivity contribution is 9.11. The van der Waals surface area contributed by atoms with Gasteiger partial charge in [0.1, 0.15) is 5.84 Å². The Morgan fingerprint density at radius 2 is 1.93 bits per heavy atom. The maximum absolute atomic E-state index is 4.38. The molecule has 0 spiro atoms. The van der Waals surface area contributed by atoms with E-state index in [0.29, 0.717) is 0 Å². The van der Waals surface area contributed by atoms with Crippen LogP contribution in [0.3, 0.4) is 0 Å². The summed E-state index contributed by atoms with van der Waals surface area (Å²) >= 11 is 7.01. The van der Waals surface area contributed by atoms with Gasteiger partial charge in [0.05, 0.1) is 5.69 Å². The summed E-state index contributed by atoms with van der Waals surface area (Å²) in [4.78, 5) is 4.38. The van der Waals surface area contributed by atoms with Crippen molar-refractivity contribution < 1.29 is 0 Å². The second kappa shape index (κ2) is 4.45. The first-order valence-corrected chi connectivity index (χ1v) is 6.10. The van der Waals surface area contributed by atoms with E-state index in [1.165, 1.54) is 0 Å². The molecule has 2 nitrogen and oxygen atoms in total. The summed E-state index contributed by atoms with van der Waals surface area (Å²) in [5.41, 5.74) is 1.06. The zero-order valence-electron chi connectivity index (χ0n) is 7.56. The van der Waals surface area contributed by atoms with E-state index in [1.807, 2.05) is 18.2 Å². The molecule has 1 aromatic rings. The molecule has 0 bridgehead atoms. The van der Waals surface area contributed by atoms with Crippen LogP contribution in [-0.4, -0.2) is 12.4 Å². The highest BCUT2D eigenvalue weighted by Gasteiger charge is 2.10. The Bertz CT molecular complexity index is 354. The number of benzene rings is 1. The Morgan fingerprint density at radius 3 is 2.50 bits per heavy atom. The first-order chi connectivity index (χ1) is 6.77. The predicted molar refractivity (Wildman–Crippen MR) is 67.0 cm³/mol. The predicted octanol–water partition coefficient (Wildman–Crippen LogP) is 3.82. The van der Waals surface area contributed by atoms with Crippen molar-refractivity contribution in [3.05, 3.63) is 27.1 Å². The van der Waals surface area contributed by atoms with Gasteiger partial charge >= 0.3 is 0 Å². The van der Waals surface area contributed by atoms with Crippen LogP contribution >= 0.6 is 31.9 Å². The lowest BCUT2D eigenvalue weighted by Crippen LogP contribution is -2.09. The number of hydrogen-bond donors (Lipinski definition) is 1. The van der Waals surface area contributed by atoms with Crippen molar-refractivity contribution in [1.29, 1.82) is 0 Å². The van der Waals surface area contributed by atoms with Gasteiger partial charge < -0.3 is 5.32 Å². The molecule has 0 fully saturated rings. The molecule has 1 heterocycles. The topological polar surface area (TPSA) is 24.4 Å². The van der Waals surface area contributed by atoms with Gasteiger partial charge in [0.15, 0.2) is 0 Å². The van der Waals surface area contributed by atoms with Crippen LogP contribution in [0.4, 0.5) is 5.69 Å². The second-order valence-corrected chi connectivity index (χ2v) is 4.86. The molecular formula is C10H10Br2N2. The number of para-hydroxylation sites is 1. The van der Waals surface area contributed by atoms with Crippen molar-refractivity contribution in [1.82, 2.24) is 0 Å². The van der Waals surface area contributed by atoms with Crippen molar-refractivity contribution in [2.75, 3.05) is 11.9 Å². The van der Waals surface area contributed by atoms with E-state index in [0.717, 1.165) is 39.9 Å². The van der Waals surface area contributed by atoms with Crippen LogP contribution in [-0.2, 0) is 0 Å². The van der Waals surface area contributed by atoms with E-state index in [-0.39, 0.29) is 0 Å². The largest absolute Gasteiger partial charge is 0.342 e. The Labute approximate surface area is 100 Å². The zero-order chi connectivity index (χ0) is 9.97. The van der Waals surface area contributed by atoms with E-state index in [9.17, 15) is 0 Å². The number of nitrogens with zero attached hydrogens (tertiary/aromatic N) is 1. The van der Waals surface area contributed by atoms with Gasteiger partial charge in [-0.25, -0.2) is 0 Å². The van der Waals surface area contributed by atoms with Crippen LogP contribution in [0.15, 0.2) is 32.1 Å². The number of nitrogens with one attached hydrogen (secondary N) is 1. The Hall–Kier alpha value is -0.350. The van der Waals surface area contributed by atoms with Crippen LogP contribution in [0.2, 0.25) is 0 Å². The Kier molecular flexibility index (Phi) is 3.23. The third kappa shape index (κ3) is 2.17. The third-order valence-electron chi connectivity index (χ3n) is 2.11. The van der Waals surface area contributed by atoms with Gasteiger partial charge in [0.25, 0.3) is 0 Å². The quantitative estimate of drug-likeness (QED) is 0.836. The van der Waals surface area contributed by atoms with E-state index in [2.05, 4.69) is 42.2 Å². The Balaban J connectivity index is 2.23. The van der Waals surface area contributed by atoms with Gasteiger partial charge in [-0.3, -0.25) is 4.99 Å². The smallest absolute Gasteiger partial charge is 0.101 e. The molecule has 1 aliphatic heterocycles. The van der Waals surface area contributed by atoms with Crippen LogP contribution in [0.25, 0.3) is 0 Å². The molecule has 74 valence electrons. The molecule has 1 aromatic carbocycles. The highest BCUT2D eigenvalue weighted by atomic mass is 79.9. The fourth-order valence-electron chi connectivity index (χ4n) is 1.40. The molecule has 0 saturated heterocycles. The van der Waals surface area contributed by atoms with Gasteiger partial charge in [-0.2, -0.15) is 0 Å². The molecule has 0 radical (unpaired) electrons. The molecule has 0 amide bonds. The van der Waals surface area contributed by atoms with Gasteiger partial charge in [-0.15, -0.1) is 0 Å². The summed E-state index contributed by atoms with van der Waals surface area (Å²) < 4.78 is 2.11. The van der Waals surface area contributed by atoms with E-state index in [1.54, 1.807) is 0 Å². The molecule has 2 rings (SSSR count). The zero-order valence-corrected chi connectivity index (χ0v) is 10.7. The van der Waals surface area contributed by atoms with Gasteiger partial charge in [0, 0.05) is 21.9 Å². The van der Waals surface area contributed by atoms with Gasteiger partial charge in [-0.1, -0.05) is 6.07 Å². The van der Waals surface area contributed by atoms with Crippen molar-refractivity contribution in [3.8, 4) is 0 Å². The van der Waals surface area contributed by atoms with Gasteiger partial charge in [-0.05, 0) is 50.4 Å². The summed E-state index contributed by atoms with van der Waals surface area (Å²) in [7, 11) is 0. The number of anilines is 1. The number of rotatable bonds is 1. The van der Waals surface area contributed by atoms with E-state index >= 15 is 0 Å². The number of aliphatic imine (C=N–C) groups is 1. The van der Waals surface area contributed by atoms with Crippen LogP contribution in [0.5, 0.6) is 0 Å². The van der Waals surface area contributed by atoms with Gasteiger partial charge in [0.2, 0.25) is 0 Å². The molecule has 0 aromatic heterocycles. The summed E-state index contributed by atoms with van der Waals surface area (Å²) in [6, 6.07) is 6.03. The SMILES string of the molecule is Brc1cccc(Br)c1NC1=NCCC1. The molecule has 14 heavy (non-hydrogen) atoms. The summed E-state index contributed by atoms with van der Waals surface area (Å²) in [5, 5.41) is 3.33. The van der Waals surface area contributed by atoms with Crippen molar-refractivity contribution in [2.24, 2.45) is 4.99 Å². The Morgan fingerprint density at radius 1 is 1.21 bits per heavy atom. The lowest BCUT2D eigenvalue weighted by Gasteiger charge is -2.09. The fourth-order valence-corrected chi connectivity index (χ4v) is 2.60. The normalized spacial score (nSPS) is 15.4. The van der Waals surface area contributed by atoms with Crippen molar-refractivity contribution in [2.45, 2.75) is 12.8 Å². The van der Waals surface area contributed by atoms with Crippen molar-refractivity contribution in [3.63, 3.8) is 0 Å². The van der Waals surface area contributed by atoms with Crippen LogP contribution in [0.1, 0.15) is 12.8 Å². The molecule has 1 aliphatic rings. The summed E-state index contributed by atoms with van der Waals surface area (Å²) in [5.74, 6) is 1.08. The van der Waals surface area contributed by atoms with Crippen LogP contribution in [0, 0.1) is 0 Å². The molecular weight excluding hydrogens is 308 g/mol. The van der Waals surface area contributed by atoms with E-state index < -0.39 is 0 Å². The lowest BCUT2D eigenvalue weighted by atomic mass is 10.3. The molecule has 1 N–H and O–H groups in total. The average molecular weight is 318 g/mol. The third-order valence-corrected chi connectivity index (χ3v) is 3.43. The number of hydrogen-bond acceptors (Lipinski definition) is 2. The molecule has 0 saturated carbocycles. The number of amidine groups is 1. The summed E-state index contributed by atoms with van der Waals surface area (Å²) in [6.07, 6.45) is 2.21. The minimum absolute atomic E-state index is 0.949. The standard InChI is InChI=1S/C10H10Br2N2/c11-7-3-1-4-8(12)10(7)14-9-5-2-6-13-9/h1,3-4H,2,5-6H2,(H,13,14). The van der Waals surface area contributed by atoms with Crippen LogP contribution < -0.4 is 5.32 Å². The average Bonchev–Trinajstić information content (AvgIpc) is 2.64. The second-order valence-electron chi connectivity index (χ2n) is 3.15. The first kappa shape index (κ1) is 10.2. The monoisotopic (exact) mass is 316 g/mol. The maximum atomic E-state index is 4.38. The minimum atomic E-state index is 0.949. The maximum Gasteiger partial charge on any atom is 0.101 e. The molecule has 0 atom stereocenters. The van der Waals surface area contributed by atoms with Crippen molar-refractivity contribution >= 4 is 43.4 Å². The van der Waals surface area contributed by atoms with E-state index in [4.69, 9.17) is 0 Å². The molecule has 0 unspecified atom stereocenters.